The predicted octanol–water partition coefficient (Wildman–Crippen LogP) is 2.59. The number of aromatic nitrogens is 4. The van der Waals surface area contributed by atoms with Crippen LogP contribution in [0.5, 0.6) is 0 Å². The summed E-state index contributed by atoms with van der Waals surface area (Å²) in [5.74, 6) is 2.93. The van der Waals surface area contributed by atoms with Crippen molar-refractivity contribution in [3.8, 4) is 0 Å². The van der Waals surface area contributed by atoms with Gasteiger partial charge in [-0.1, -0.05) is 0 Å². The molecule has 1 aliphatic rings. The van der Waals surface area contributed by atoms with Crippen molar-refractivity contribution in [3.05, 3.63) is 27.7 Å². The molecular weight excluding hydrogens is 449 g/mol. The molecule has 0 saturated carbocycles. The van der Waals surface area contributed by atoms with Crippen LogP contribution in [0.3, 0.4) is 0 Å². The molecule has 3 heterocycles. The summed E-state index contributed by atoms with van der Waals surface area (Å²) in [6, 6.07) is 0. The molecule has 0 saturated heterocycles. The fraction of sp³-hybridized carbons (Fsp3) is 0.625. The van der Waals surface area contributed by atoms with Gasteiger partial charge in [-0.25, -0.2) is 9.98 Å². The van der Waals surface area contributed by atoms with E-state index in [9.17, 15) is 0 Å². The Kier molecular flexibility index (Phi) is 7.60. The number of fused-ring (bicyclic) bond motifs is 1. The minimum atomic E-state index is 0. The Morgan fingerprint density at radius 3 is 2.96 bits per heavy atom. The van der Waals surface area contributed by atoms with Crippen molar-refractivity contribution in [2.45, 2.75) is 52.7 Å². The summed E-state index contributed by atoms with van der Waals surface area (Å²) in [4.78, 5) is 11.4. The third-order valence-corrected chi connectivity index (χ3v) is 4.89. The monoisotopic (exact) mass is 475 g/mol. The van der Waals surface area contributed by atoms with E-state index in [2.05, 4.69) is 42.3 Å². The van der Waals surface area contributed by atoms with E-state index in [1.54, 1.807) is 11.3 Å². The molecule has 0 spiro atoms. The van der Waals surface area contributed by atoms with Crippen LogP contribution in [0.1, 0.15) is 42.1 Å². The highest BCUT2D eigenvalue weighted by atomic mass is 127. The molecule has 0 bridgehead atoms. The Hall–Kier alpha value is -1.23. The van der Waals surface area contributed by atoms with Gasteiger partial charge in [0, 0.05) is 31.9 Å². The first kappa shape index (κ1) is 20.1. The summed E-state index contributed by atoms with van der Waals surface area (Å²) in [5, 5.41) is 15.2. The number of aliphatic imine (C=N–C) groups is 1. The highest BCUT2D eigenvalue weighted by Crippen LogP contribution is 2.15. The van der Waals surface area contributed by atoms with Crippen molar-refractivity contribution in [2.75, 3.05) is 13.6 Å². The maximum Gasteiger partial charge on any atom is 0.194 e. The number of guanidine groups is 1. The molecule has 0 radical (unpaired) electrons. The molecule has 25 heavy (non-hydrogen) atoms. The Morgan fingerprint density at radius 2 is 2.24 bits per heavy atom. The van der Waals surface area contributed by atoms with E-state index in [0.29, 0.717) is 6.54 Å². The van der Waals surface area contributed by atoms with Gasteiger partial charge in [-0.05, 0) is 26.7 Å². The van der Waals surface area contributed by atoms with E-state index >= 15 is 0 Å². The van der Waals surface area contributed by atoms with Crippen LogP contribution in [0, 0.1) is 6.92 Å². The van der Waals surface area contributed by atoms with Crippen molar-refractivity contribution in [1.29, 1.82) is 0 Å². The third-order valence-electron chi connectivity index (χ3n) is 4.07. The van der Waals surface area contributed by atoms with Gasteiger partial charge >= 0.3 is 0 Å². The number of thiazole rings is 1. The first-order chi connectivity index (χ1) is 11.7. The second-order valence-electron chi connectivity index (χ2n) is 6.03. The van der Waals surface area contributed by atoms with Crippen LogP contribution in [0.4, 0.5) is 0 Å². The van der Waals surface area contributed by atoms with Crippen LogP contribution >= 0.6 is 35.3 Å². The van der Waals surface area contributed by atoms with Crippen molar-refractivity contribution in [2.24, 2.45) is 4.99 Å². The van der Waals surface area contributed by atoms with Gasteiger partial charge in [0.25, 0.3) is 0 Å². The first-order valence-electron chi connectivity index (χ1n) is 8.48. The van der Waals surface area contributed by atoms with Crippen molar-refractivity contribution < 1.29 is 0 Å². The second kappa shape index (κ2) is 9.46. The standard InChI is InChI=1S/C16H25N7S.HI/c1-4-17-16(22(3)10-13-11-24-12(2)19-13)18-9-15-21-20-14-7-5-6-8-23(14)15;/h11H,4-10H2,1-3H3,(H,17,18);1H. The molecule has 9 heteroatoms. The second-order valence-corrected chi connectivity index (χ2v) is 7.09. The number of rotatable bonds is 5. The maximum atomic E-state index is 4.75. The number of nitrogens with zero attached hydrogens (tertiary/aromatic N) is 6. The summed E-state index contributed by atoms with van der Waals surface area (Å²) in [5.41, 5.74) is 1.07. The molecule has 3 rings (SSSR count). The molecule has 0 aliphatic carbocycles. The molecule has 1 aliphatic heterocycles. The number of halogens is 1. The molecule has 0 unspecified atom stereocenters. The Balaban J connectivity index is 0.00000225. The zero-order chi connectivity index (χ0) is 16.9. The zero-order valence-corrected chi connectivity index (χ0v) is 18.2. The van der Waals surface area contributed by atoms with E-state index in [1.165, 1.54) is 12.8 Å². The summed E-state index contributed by atoms with van der Waals surface area (Å²) in [7, 11) is 2.04. The van der Waals surface area contributed by atoms with Crippen molar-refractivity contribution >= 4 is 41.3 Å². The lowest BCUT2D eigenvalue weighted by Crippen LogP contribution is -2.38. The Morgan fingerprint density at radius 1 is 1.40 bits per heavy atom. The molecule has 0 atom stereocenters. The van der Waals surface area contributed by atoms with E-state index < -0.39 is 0 Å². The van der Waals surface area contributed by atoms with E-state index in [0.717, 1.165) is 54.4 Å². The summed E-state index contributed by atoms with van der Waals surface area (Å²) in [6.45, 7) is 7.25. The molecule has 0 aromatic carbocycles. The predicted molar refractivity (Wildman–Crippen MR) is 112 cm³/mol. The highest BCUT2D eigenvalue weighted by molar-refractivity contribution is 14.0. The van der Waals surface area contributed by atoms with E-state index in [4.69, 9.17) is 4.99 Å². The van der Waals surface area contributed by atoms with Gasteiger partial charge in [0.1, 0.15) is 12.4 Å². The number of hydrogen-bond donors (Lipinski definition) is 1. The minimum Gasteiger partial charge on any atom is -0.357 e. The van der Waals surface area contributed by atoms with Crippen LogP contribution in [0.15, 0.2) is 10.4 Å². The van der Waals surface area contributed by atoms with E-state index in [1.807, 2.05) is 14.0 Å². The lowest BCUT2D eigenvalue weighted by atomic mass is 10.2. The first-order valence-corrected chi connectivity index (χ1v) is 9.36. The number of hydrogen-bond acceptors (Lipinski definition) is 5. The normalized spacial score (nSPS) is 14.0. The lowest BCUT2D eigenvalue weighted by molar-refractivity contribution is 0.468. The van der Waals surface area contributed by atoms with Gasteiger partial charge in [-0.3, -0.25) is 0 Å². The largest absolute Gasteiger partial charge is 0.357 e. The van der Waals surface area contributed by atoms with Crippen molar-refractivity contribution in [3.63, 3.8) is 0 Å². The zero-order valence-electron chi connectivity index (χ0n) is 15.0. The Bertz CT molecular complexity index is 709. The number of nitrogens with one attached hydrogen (secondary N) is 1. The highest BCUT2D eigenvalue weighted by Gasteiger charge is 2.16. The quantitative estimate of drug-likeness (QED) is 0.409. The minimum absolute atomic E-state index is 0. The van der Waals surface area contributed by atoms with Crippen LogP contribution in [0.2, 0.25) is 0 Å². The molecule has 2 aromatic heterocycles. The molecular formula is C16H26IN7S. The molecule has 138 valence electrons. The molecule has 7 nitrogen and oxygen atoms in total. The molecule has 0 fully saturated rings. The fourth-order valence-electron chi connectivity index (χ4n) is 2.90. The summed E-state index contributed by atoms with van der Waals surface area (Å²) in [6.07, 6.45) is 3.44. The van der Waals surface area contributed by atoms with Crippen LogP contribution in [0.25, 0.3) is 0 Å². The fourth-order valence-corrected chi connectivity index (χ4v) is 3.50. The third kappa shape index (κ3) is 5.13. The van der Waals surface area contributed by atoms with Gasteiger partial charge in [-0.2, -0.15) is 0 Å². The SMILES string of the molecule is CCNC(=NCc1nnc2n1CCCC2)N(C)Cc1csc(C)n1.I. The van der Waals surface area contributed by atoms with Crippen LogP contribution in [-0.4, -0.2) is 44.2 Å². The molecule has 2 aromatic rings. The average molecular weight is 475 g/mol. The molecule has 1 N–H and O–H groups in total. The van der Waals surface area contributed by atoms with Gasteiger partial charge < -0.3 is 14.8 Å². The Labute approximate surface area is 170 Å². The van der Waals surface area contributed by atoms with Gasteiger partial charge in [0.15, 0.2) is 11.8 Å². The number of aryl methyl sites for hydroxylation is 2. The smallest absolute Gasteiger partial charge is 0.194 e. The van der Waals surface area contributed by atoms with Gasteiger partial charge in [-0.15, -0.1) is 45.5 Å². The summed E-state index contributed by atoms with van der Waals surface area (Å²) >= 11 is 1.68. The topological polar surface area (TPSA) is 71.2 Å². The van der Waals surface area contributed by atoms with Gasteiger partial charge in [0.05, 0.1) is 17.2 Å². The van der Waals surface area contributed by atoms with Crippen LogP contribution < -0.4 is 5.32 Å². The average Bonchev–Trinajstić information content (AvgIpc) is 3.17. The maximum absolute atomic E-state index is 4.75. The van der Waals surface area contributed by atoms with E-state index in [-0.39, 0.29) is 24.0 Å². The van der Waals surface area contributed by atoms with Gasteiger partial charge in [0.2, 0.25) is 0 Å². The lowest BCUT2D eigenvalue weighted by Gasteiger charge is -2.21. The van der Waals surface area contributed by atoms with Crippen molar-refractivity contribution in [1.82, 2.24) is 30.0 Å². The summed E-state index contributed by atoms with van der Waals surface area (Å²) < 4.78 is 2.22. The molecule has 0 amide bonds. The van der Waals surface area contributed by atoms with Crippen LogP contribution in [-0.2, 0) is 26.1 Å².